The molecular weight excluding hydrogens is 365 g/mol. The van der Waals surface area contributed by atoms with Gasteiger partial charge in [0.2, 0.25) is 0 Å². The summed E-state index contributed by atoms with van der Waals surface area (Å²) in [7, 11) is 0. The molecule has 2 N–H and O–H groups in total. The van der Waals surface area contributed by atoms with E-state index in [9.17, 15) is 0 Å². The van der Waals surface area contributed by atoms with Gasteiger partial charge in [0.15, 0.2) is 0 Å². The van der Waals surface area contributed by atoms with Gasteiger partial charge in [0, 0.05) is 20.3 Å². The normalized spacial score (nSPS) is 12.5. The Morgan fingerprint density at radius 3 is 2.26 bits per heavy atom. The maximum atomic E-state index is 6.01. The van der Waals surface area contributed by atoms with Crippen LogP contribution in [0.5, 0.6) is 0 Å². The predicted octanol–water partition coefficient (Wildman–Crippen LogP) is 5.93. The molecular formula is C14H12BrCl2NS. The number of hydrogen-bond donors (Lipinski definition) is 1. The van der Waals surface area contributed by atoms with Crippen molar-refractivity contribution in [3.8, 4) is 0 Å². The van der Waals surface area contributed by atoms with Crippen LogP contribution in [-0.2, 0) is 0 Å². The molecule has 1 atom stereocenters. The van der Waals surface area contributed by atoms with E-state index in [1.807, 2.05) is 25.1 Å². The molecule has 5 heteroatoms. The molecule has 0 aliphatic heterocycles. The van der Waals surface area contributed by atoms with Crippen LogP contribution in [0.4, 0.5) is 0 Å². The van der Waals surface area contributed by atoms with Crippen molar-refractivity contribution in [3.63, 3.8) is 0 Å². The summed E-state index contributed by atoms with van der Waals surface area (Å²) in [5.74, 6) is 0. The first-order valence-electron chi connectivity index (χ1n) is 5.65. The van der Waals surface area contributed by atoms with E-state index in [-0.39, 0.29) is 6.04 Å². The van der Waals surface area contributed by atoms with Crippen LogP contribution in [0, 0.1) is 0 Å². The van der Waals surface area contributed by atoms with Gasteiger partial charge in [-0.1, -0.05) is 57.0 Å². The van der Waals surface area contributed by atoms with Gasteiger partial charge in [-0.25, -0.2) is 0 Å². The fourth-order valence-electron chi connectivity index (χ4n) is 1.62. The molecule has 0 saturated carbocycles. The Kier molecular flexibility index (Phi) is 5.21. The molecule has 2 aromatic carbocycles. The number of rotatable bonds is 3. The highest BCUT2D eigenvalue weighted by Crippen LogP contribution is 2.35. The molecule has 0 aromatic heterocycles. The molecule has 2 rings (SSSR count). The monoisotopic (exact) mass is 375 g/mol. The molecule has 0 aliphatic carbocycles. The topological polar surface area (TPSA) is 26.0 Å². The summed E-state index contributed by atoms with van der Waals surface area (Å²) in [6.45, 7) is 1.96. The molecule has 2 aromatic rings. The van der Waals surface area contributed by atoms with E-state index < -0.39 is 0 Å². The minimum atomic E-state index is 0.0124. The van der Waals surface area contributed by atoms with Gasteiger partial charge in [-0.05, 0) is 42.8 Å². The number of benzene rings is 2. The quantitative estimate of drug-likeness (QED) is 0.718. The largest absolute Gasteiger partial charge is 0.324 e. The highest BCUT2D eigenvalue weighted by Gasteiger charge is 2.07. The summed E-state index contributed by atoms with van der Waals surface area (Å²) in [5.41, 5.74) is 6.98. The summed E-state index contributed by atoms with van der Waals surface area (Å²) in [6, 6.07) is 11.8. The van der Waals surface area contributed by atoms with Crippen LogP contribution in [0.25, 0.3) is 0 Å². The van der Waals surface area contributed by atoms with Gasteiger partial charge in [0.05, 0.1) is 10.0 Å². The maximum Gasteiger partial charge on any atom is 0.0603 e. The van der Waals surface area contributed by atoms with E-state index in [4.69, 9.17) is 28.9 Å². The third kappa shape index (κ3) is 3.89. The van der Waals surface area contributed by atoms with Crippen LogP contribution in [0.2, 0.25) is 10.0 Å². The smallest absolute Gasteiger partial charge is 0.0603 e. The van der Waals surface area contributed by atoms with Gasteiger partial charge < -0.3 is 5.73 Å². The van der Waals surface area contributed by atoms with Crippen molar-refractivity contribution in [2.24, 2.45) is 5.73 Å². The summed E-state index contributed by atoms with van der Waals surface area (Å²) < 4.78 is 1.02. The molecule has 19 heavy (non-hydrogen) atoms. The van der Waals surface area contributed by atoms with Gasteiger partial charge >= 0.3 is 0 Å². The van der Waals surface area contributed by atoms with E-state index in [1.165, 1.54) is 0 Å². The molecule has 0 fully saturated rings. The van der Waals surface area contributed by atoms with Gasteiger partial charge in [-0.2, -0.15) is 0 Å². The molecule has 0 saturated heterocycles. The second-order valence-electron chi connectivity index (χ2n) is 4.15. The molecule has 0 heterocycles. The van der Waals surface area contributed by atoms with Crippen molar-refractivity contribution < 1.29 is 0 Å². The zero-order chi connectivity index (χ0) is 14.0. The highest BCUT2D eigenvalue weighted by atomic mass is 79.9. The Morgan fingerprint density at radius 2 is 1.68 bits per heavy atom. The highest BCUT2D eigenvalue weighted by molar-refractivity contribution is 9.10. The van der Waals surface area contributed by atoms with Crippen LogP contribution in [0.3, 0.4) is 0 Å². The molecule has 0 unspecified atom stereocenters. The Morgan fingerprint density at radius 1 is 1.05 bits per heavy atom. The fourth-order valence-corrected chi connectivity index (χ4v) is 3.77. The SMILES string of the molecule is C[C@@H](N)c1ccc(Sc2ccc(Cl)c(Cl)c2)cc1Br. The third-order valence-electron chi connectivity index (χ3n) is 2.59. The van der Waals surface area contributed by atoms with Crippen molar-refractivity contribution in [2.75, 3.05) is 0 Å². The minimum Gasteiger partial charge on any atom is -0.324 e. The lowest BCUT2D eigenvalue weighted by molar-refractivity contribution is 0.811. The molecule has 0 spiro atoms. The lowest BCUT2D eigenvalue weighted by Crippen LogP contribution is -2.05. The van der Waals surface area contributed by atoms with E-state index in [0.717, 1.165) is 19.8 Å². The van der Waals surface area contributed by atoms with Gasteiger partial charge in [0.25, 0.3) is 0 Å². The molecule has 100 valence electrons. The van der Waals surface area contributed by atoms with Crippen molar-refractivity contribution in [1.82, 2.24) is 0 Å². The van der Waals surface area contributed by atoms with Crippen molar-refractivity contribution in [2.45, 2.75) is 22.8 Å². The third-order valence-corrected chi connectivity index (χ3v) is 4.99. The number of nitrogens with two attached hydrogens (primary N) is 1. The maximum absolute atomic E-state index is 6.01. The second kappa shape index (κ2) is 6.51. The van der Waals surface area contributed by atoms with Gasteiger partial charge in [-0.3, -0.25) is 0 Å². The average Bonchev–Trinajstić information content (AvgIpc) is 2.33. The Balaban J connectivity index is 2.24. The molecule has 0 amide bonds. The van der Waals surface area contributed by atoms with E-state index in [1.54, 1.807) is 17.8 Å². The van der Waals surface area contributed by atoms with Crippen LogP contribution >= 0.6 is 50.9 Å². The summed E-state index contributed by atoms with van der Waals surface area (Å²) in [6.07, 6.45) is 0. The first-order chi connectivity index (χ1) is 8.97. The Labute approximate surface area is 135 Å². The predicted molar refractivity (Wildman–Crippen MR) is 87.3 cm³/mol. The van der Waals surface area contributed by atoms with Gasteiger partial charge in [-0.15, -0.1) is 0 Å². The lowest BCUT2D eigenvalue weighted by Gasteiger charge is -2.10. The standard InChI is InChI=1S/C14H12BrCl2NS/c1-8(18)11-4-2-9(6-12(11)15)19-10-3-5-13(16)14(17)7-10/h2-8H,18H2,1H3/t8-/m1/s1. The zero-order valence-corrected chi connectivity index (χ0v) is 14.1. The molecule has 1 nitrogen and oxygen atoms in total. The summed E-state index contributed by atoms with van der Waals surface area (Å²) in [5, 5.41) is 1.14. The first-order valence-corrected chi connectivity index (χ1v) is 8.02. The van der Waals surface area contributed by atoms with Crippen molar-refractivity contribution in [3.05, 3.63) is 56.5 Å². The average molecular weight is 377 g/mol. The number of hydrogen-bond acceptors (Lipinski definition) is 2. The number of halogens is 3. The minimum absolute atomic E-state index is 0.0124. The Bertz CT molecular complexity index is 602. The molecule has 0 bridgehead atoms. The van der Waals surface area contributed by atoms with E-state index in [0.29, 0.717) is 10.0 Å². The van der Waals surface area contributed by atoms with Crippen molar-refractivity contribution in [1.29, 1.82) is 0 Å². The van der Waals surface area contributed by atoms with E-state index >= 15 is 0 Å². The molecule has 0 radical (unpaired) electrons. The van der Waals surface area contributed by atoms with Gasteiger partial charge in [0.1, 0.15) is 0 Å². The molecule has 0 aliphatic rings. The van der Waals surface area contributed by atoms with Crippen LogP contribution in [0.1, 0.15) is 18.5 Å². The van der Waals surface area contributed by atoms with E-state index in [2.05, 4.69) is 28.1 Å². The summed E-state index contributed by atoms with van der Waals surface area (Å²) in [4.78, 5) is 2.17. The van der Waals surface area contributed by atoms with Crippen molar-refractivity contribution >= 4 is 50.9 Å². The first kappa shape index (κ1) is 15.2. The summed E-state index contributed by atoms with van der Waals surface area (Å²) >= 11 is 17.1. The second-order valence-corrected chi connectivity index (χ2v) is 6.97. The van der Waals surface area contributed by atoms with Crippen LogP contribution in [0.15, 0.2) is 50.7 Å². The van der Waals surface area contributed by atoms with Crippen LogP contribution < -0.4 is 5.73 Å². The zero-order valence-electron chi connectivity index (χ0n) is 10.2. The lowest BCUT2D eigenvalue weighted by atomic mass is 10.1. The fraction of sp³-hybridized carbons (Fsp3) is 0.143. The van der Waals surface area contributed by atoms with Crippen LogP contribution in [-0.4, -0.2) is 0 Å². The Hall–Kier alpha value is -0.190.